The van der Waals surface area contributed by atoms with Gasteiger partial charge in [-0.3, -0.25) is 4.99 Å². The smallest absolute Gasteiger partial charge is 0.242 e. The van der Waals surface area contributed by atoms with Gasteiger partial charge in [0.2, 0.25) is 10.0 Å². The van der Waals surface area contributed by atoms with Crippen LogP contribution < -0.4 is 10.6 Å². The largest absolute Gasteiger partial charge is 0.379 e. The molecule has 1 saturated heterocycles. The van der Waals surface area contributed by atoms with E-state index in [0.29, 0.717) is 42.7 Å². The van der Waals surface area contributed by atoms with Gasteiger partial charge in [-0.1, -0.05) is 18.2 Å². The minimum Gasteiger partial charge on any atom is -0.379 e. The van der Waals surface area contributed by atoms with Crippen molar-refractivity contribution in [1.82, 2.24) is 14.9 Å². The van der Waals surface area contributed by atoms with Gasteiger partial charge in [0.25, 0.3) is 0 Å². The van der Waals surface area contributed by atoms with Gasteiger partial charge in [0, 0.05) is 47.4 Å². The van der Waals surface area contributed by atoms with Crippen LogP contribution in [0.1, 0.15) is 18.4 Å². The fourth-order valence-corrected chi connectivity index (χ4v) is 3.79. The van der Waals surface area contributed by atoms with Crippen molar-refractivity contribution in [3.05, 3.63) is 29.8 Å². The van der Waals surface area contributed by atoms with E-state index in [1.54, 1.807) is 25.2 Å². The quantitative estimate of drug-likeness (QED) is 0.363. The predicted molar refractivity (Wildman–Crippen MR) is 105 cm³/mol. The van der Waals surface area contributed by atoms with E-state index >= 15 is 0 Å². The van der Waals surface area contributed by atoms with Crippen LogP contribution in [0.3, 0.4) is 0 Å². The van der Waals surface area contributed by atoms with Crippen LogP contribution in [-0.4, -0.2) is 72.3 Å². The molecule has 152 valence electrons. The van der Waals surface area contributed by atoms with Gasteiger partial charge in [-0.05, 0) is 24.5 Å². The molecule has 0 saturated carbocycles. The molecule has 1 heterocycles. The molecular weight excluding hydrogens is 368 g/mol. The third-order valence-electron chi connectivity index (χ3n) is 4.26. The lowest BCUT2D eigenvalue weighted by Gasteiger charge is -2.17. The van der Waals surface area contributed by atoms with Crippen LogP contribution in [0.2, 0.25) is 0 Å². The monoisotopic (exact) mass is 398 g/mol. The number of guanidine groups is 1. The summed E-state index contributed by atoms with van der Waals surface area (Å²) in [5.41, 5.74) is 0.693. The molecule has 1 fully saturated rings. The number of nitrogens with zero attached hydrogens (tertiary/aromatic N) is 2. The molecular formula is C18H30N4O4S. The van der Waals surface area contributed by atoms with E-state index in [1.165, 1.54) is 18.4 Å². The summed E-state index contributed by atoms with van der Waals surface area (Å²) in [7, 11) is 1.25. The van der Waals surface area contributed by atoms with Crippen LogP contribution in [-0.2, 0) is 26.0 Å². The minimum absolute atomic E-state index is 0.220. The maximum Gasteiger partial charge on any atom is 0.242 e. The Kier molecular flexibility index (Phi) is 8.49. The second-order valence-corrected chi connectivity index (χ2v) is 8.58. The third-order valence-corrected chi connectivity index (χ3v) is 6.17. The molecule has 1 aliphatic rings. The van der Waals surface area contributed by atoms with Crippen LogP contribution >= 0.6 is 0 Å². The number of sulfonamides is 1. The first-order valence-electron chi connectivity index (χ1n) is 9.09. The molecule has 2 rings (SSSR count). The molecule has 0 radical (unpaired) electrons. The standard InChI is InChI=1S/C18H30N4O4S/c1-19-18(20-10-6-11-26-16-9-12-25-14-16)21-13-15-7-4-5-8-17(15)27(23,24)22(2)3/h4-5,7-8,16H,6,9-14H2,1-3H3,(H2,19,20,21). The van der Waals surface area contributed by atoms with Crippen LogP contribution in [0.25, 0.3) is 0 Å². The summed E-state index contributed by atoms with van der Waals surface area (Å²) in [4.78, 5) is 4.48. The normalized spacial score (nSPS) is 18.1. The molecule has 0 amide bonds. The van der Waals surface area contributed by atoms with Gasteiger partial charge in [-0.25, -0.2) is 12.7 Å². The average molecular weight is 399 g/mol. The number of hydrogen-bond acceptors (Lipinski definition) is 5. The summed E-state index contributed by atoms with van der Waals surface area (Å²) in [6.45, 7) is 3.21. The molecule has 0 aromatic heterocycles. The number of ether oxygens (including phenoxy) is 2. The SMILES string of the molecule is CN=C(NCCCOC1CCOC1)NCc1ccccc1S(=O)(=O)N(C)C. The van der Waals surface area contributed by atoms with Crippen LogP contribution in [0.5, 0.6) is 0 Å². The molecule has 1 aromatic carbocycles. The topological polar surface area (TPSA) is 92.3 Å². The maximum absolute atomic E-state index is 12.4. The lowest BCUT2D eigenvalue weighted by atomic mass is 10.2. The lowest BCUT2D eigenvalue weighted by Crippen LogP contribution is -2.38. The molecule has 0 aliphatic carbocycles. The molecule has 8 nitrogen and oxygen atoms in total. The minimum atomic E-state index is -3.49. The number of benzene rings is 1. The third kappa shape index (κ3) is 6.46. The average Bonchev–Trinajstić information content (AvgIpc) is 3.17. The van der Waals surface area contributed by atoms with E-state index in [4.69, 9.17) is 9.47 Å². The molecule has 27 heavy (non-hydrogen) atoms. The van der Waals surface area contributed by atoms with E-state index in [9.17, 15) is 8.42 Å². The van der Waals surface area contributed by atoms with E-state index in [2.05, 4.69) is 15.6 Å². The highest BCUT2D eigenvalue weighted by Gasteiger charge is 2.20. The summed E-state index contributed by atoms with van der Waals surface area (Å²) >= 11 is 0. The fourth-order valence-electron chi connectivity index (χ4n) is 2.67. The first-order chi connectivity index (χ1) is 12.9. The summed E-state index contributed by atoms with van der Waals surface area (Å²) in [5, 5.41) is 6.38. The second-order valence-electron chi connectivity index (χ2n) is 6.46. The summed E-state index contributed by atoms with van der Waals surface area (Å²) < 4.78 is 37.1. The van der Waals surface area contributed by atoms with Crippen LogP contribution in [0.4, 0.5) is 0 Å². The van der Waals surface area contributed by atoms with Crippen molar-refractivity contribution >= 4 is 16.0 Å². The zero-order valence-corrected chi connectivity index (χ0v) is 17.1. The van der Waals surface area contributed by atoms with Crippen molar-refractivity contribution in [1.29, 1.82) is 0 Å². The highest BCUT2D eigenvalue weighted by atomic mass is 32.2. The Bertz CT molecular complexity index is 716. The van der Waals surface area contributed by atoms with Crippen molar-refractivity contribution < 1.29 is 17.9 Å². The Hall–Kier alpha value is -1.68. The molecule has 1 aliphatic heterocycles. The summed E-state index contributed by atoms with van der Waals surface area (Å²) in [6.07, 6.45) is 2.03. The molecule has 9 heteroatoms. The maximum atomic E-state index is 12.4. The van der Waals surface area contributed by atoms with Gasteiger partial charge in [0.15, 0.2) is 5.96 Å². The lowest BCUT2D eigenvalue weighted by molar-refractivity contribution is 0.0420. The zero-order chi connectivity index (χ0) is 19.7. The van der Waals surface area contributed by atoms with Crippen molar-refractivity contribution in [3.63, 3.8) is 0 Å². The Balaban J connectivity index is 1.80. The number of nitrogens with one attached hydrogen (secondary N) is 2. The van der Waals surface area contributed by atoms with Gasteiger partial charge in [0.1, 0.15) is 0 Å². The summed E-state index contributed by atoms with van der Waals surface area (Å²) in [6, 6.07) is 6.97. The van der Waals surface area contributed by atoms with E-state index in [-0.39, 0.29) is 6.10 Å². The number of rotatable bonds is 9. The highest BCUT2D eigenvalue weighted by molar-refractivity contribution is 7.89. The van der Waals surface area contributed by atoms with Gasteiger partial charge >= 0.3 is 0 Å². The molecule has 1 aromatic rings. The summed E-state index contributed by atoms with van der Waals surface area (Å²) in [5.74, 6) is 0.622. The van der Waals surface area contributed by atoms with Crippen LogP contribution in [0, 0.1) is 0 Å². The fraction of sp³-hybridized carbons (Fsp3) is 0.611. The Morgan fingerprint density at radius 2 is 2.11 bits per heavy atom. The number of aliphatic imine (C=N–C) groups is 1. The van der Waals surface area contributed by atoms with Gasteiger partial charge < -0.3 is 20.1 Å². The highest BCUT2D eigenvalue weighted by Crippen LogP contribution is 2.18. The zero-order valence-electron chi connectivity index (χ0n) is 16.3. The first-order valence-corrected chi connectivity index (χ1v) is 10.5. The Morgan fingerprint density at radius 3 is 2.78 bits per heavy atom. The number of hydrogen-bond donors (Lipinski definition) is 2. The molecule has 2 N–H and O–H groups in total. The second kappa shape index (κ2) is 10.6. The van der Waals surface area contributed by atoms with Crippen LogP contribution in [0.15, 0.2) is 34.2 Å². The van der Waals surface area contributed by atoms with Crippen molar-refractivity contribution in [3.8, 4) is 0 Å². The predicted octanol–water partition coefficient (Wildman–Crippen LogP) is 0.798. The van der Waals surface area contributed by atoms with Gasteiger partial charge in [-0.15, -0.1) is 0 Å². The Morgan fingerprint density at radius 1 is 1.33 bits per heavy atom. The van der Waals surface area contributed by atoms with E-state index in [1.807, 2.05) is 6.07 Å². The van der Waals surface area contributed by atoms with Crippen molar-refractivity contribution in [2.24, 2.45) is 4.99 Å². The van der Waals surface area contributed by atoms with Crippen molar-refractivity contribution in [2.45, 2.75) is 30.4 Å². The van der Waals surface area contributed by atoms with Gasteiger partial charge in [-0.2, -0.15) is 0 Å². The molecule has 0 bridgehead atoms. The van der Waals surface area contributed by atoms with Crippen molar-refractivity contribution in [2.75, 3.05) is 47.5 Å². The molecule has 1 unspecified atom stereocenters. The molecule has 1 atom stereocenters. The Labute approximate surface area is 162 Å². The van der Waals surface area contributed by atoms with Gasteiger partial charge in [0.05, 0.1) is 17.6 Å². The molecule has 0 spiro atoms. The van der Waals surface area contributed by atoms with E-state index < -0.39 is 10.0 Å². The first kappa shape index (κ1) is 21.6. The van der Waals surface area contributed by atoms with E-state index in [0.717, 1.165) is 19.4 Å².